The second kappa shape index (κ2) is 5.48. The molecule has 1 rings (SSSR count). The van der Waals surface area contributed by atoms with Crippen LogP contribution in [-0.2, 0) is 0 Å². The maximum atomic E-state index is 5.72. The van der Waals surface area contributed by atoms with Crippen LogP contribution in [0, 0.1) is 0 Å². The van der Waals surface area contributed by atoms with Crippen LogP contribution in [0.1, 0.15) is 40.5 Å². The molecule has 3 heteroatoms. The molecular weight excluding hydrogens is 198 g/mol. The molecule has 96 valence electrons. The maximum Gasteiger partial charge on any atom is 0.0280 e. The van der Waals surface area contributed by atoms with Crippen molar-refractivity contribution in [3.8, 4) is 0 Å². The van der Waals surface area contributed by atoms with Crippen molar-refractivity contribution in [1.82, 2.24) is 9.80 Å². The van der Waals surface area contributed by atoms with Gasteiger partial charge in [0.05, 0.1) is 0 Å². The lowest BCUT2D eigenvalue weighted by molar-refractivity contribution is -0.0242. The molecule has 1 aliphatic rings. The maximum absolute atomic E-state index is 5.72. The molecule has 0 bridgehead atoms. The number of hydrogen-bond donors (Lipinski definition) is 1. The van der Waals surface area contributed by atoms with Gasteiger partial charge in [0.1, 0.15) is 0 Å². The molecule has 1 fully saturated rings. The Hall–Kier alpha value is -0.120. The molecule has 2 atom stereocenters. The molecule has 2 unspecified atom stereocenters. The summed E-state index contributed by atoms with van der Waals surface area (Å²) in [4.78, 5) is 5.14. The molecule has 1 aliphatic heterocycles. The molecule has 0 spiro atoms. The molecule has 2 N–H and O–H groups in total. The van der Waals surface area contributed by atoms with E-state index in [0.717, 1.165) is 13.0 Å². The van der Waals surface area contributed by atoms with Crippen LogP contribution in [0.2, 0.25) is 0 Å². The van der Waals surface area contributed by atoms with Gasteiger partial charge in [-0.3, -0.25) is 9.80 Å². The van der Waals surface area contributed by atoms with Crippen molar-refractivity contribution in [3.05, 3.63) is 0 Å². The number of rotatable bonds is 4. The highest BCUT2D eigenvalue weighted by molar-refractivity contribution is 4.95. The molecule has 1 heterocycles. The lowest BCUT2D eigenvalue weighted by Gasteiger charge is -2.52. The van der Waals surface area contributed by atoms with E-state index in [1.807, 2.05) is 0 Å². The summed E-state index contributed by atoms with van der Waals surface area (Å²) in [5.74, 6) is 0. The summed E-state index contributed by atoms with van der Waals surface area (Å²) in [5.41, 5.74) is 5.98. The average Bonchev–Trinajstić information content (AvgIpc) is 2.23. The van der Waals surface area contributed by atoms with Gasteiger partial charge in [0.25, 0.3) is 0 Å². The van der Waals surface area contributed by atoms with Crippen molar-refractivity contribution >= 4 is 0 Å². The molecule has 16 heavy (non-hydrogen) atoms. The SMILES string of the molecule is CCC(C)N1CC(CCN)N(C)C(C)(C)C1. The van der Waals surface area contributed by atoms with Crippen molar-refractivity contribution in [2.24, 2.45) is 5.73 Å². The quantitative estimate of drug-likeness (QED) is 0.790. The van der Waals surface area contributed by atoms with Gasteiger partial charge in [-0.05, 0) is 47.2 Å². The minimum Gasteiger partial charge on any atom is -0.330 e. The predicted octanol–water partition coefficient (Wildman–Crippen LogP) is 1.53. The number of piperazine rings is 1. The Morgan fingerprint density at radius 1 is 1.44 bits per heavy atom. The van der Waals surface area contributed by atoms with E-state index in [0.29, 0.717) is 12.1 Å². The fourth-order valence-corrected chi connectivity index (χ4v) is 2.63. The minimum atomic E-state index is 0.265. The van der Waals surface area contributed by atoms with Crippen molar-refractivity contribution in [2.75, 3.05) is 26.7 Å². The van der Waals surface area contributed by atoms with Gasteiger partial charge in [0, 0.05) is 30.7 Å². The van der Waals surface area contributed by atoms with Crippen molar-refractivity contribution in [3.63, 3.8) is 0 Å². The third kappa shape index (κ3) is 2.96. The molecule has 0 amide bonds. The molecular formula is C13H29N3. The highest BCUT2D eigenvalue weighted by Gasteiger charge is 2.37. The van der Waals surface area contributed by atoms with E-state index >= 15 is 0 Å². The van der Waals surface area contributed by atoms with E-state index in [1.165, 1.54) is 19.5 Å². The van der Waals surface area contributed by atoms with Gasteiger partial charge in [-0.25, -0.2) is 0 Å². The Morgan fingerprint density at radius 3 is 2.56 bits per heavy atom. The summed E-state index contributed by atoms with van der Waals surface area (Å²) in [6.07, 6.45) is 2.34. The van der Waals surface area contributed by atoms with Crippen LogP contribution >= 0.6 is 0 Å². The van der Waals surface area contributed by atoms with E-state index in [2.05, 4.69) is 44.5 Å². The Morgan fingerprint density at radius 2 is 2.06 bits per heavy atom. The van der Waals surface area contributed by atoms with Gasteiger partial charge in [0.15, 0.2) is 0 Å². The smallest absolute Gasteiger partial charge is 0.0280 e. The largest absolute Gasteiger partial charge is 0.330 e. The van der Waals surface area contributed by atoms with E-state index in [-0.39, 0.29) is 5.54 Å². The van der Waals surface area contributed by atoms with Gasteiger partial charge in [-0.15, -0.1) is 0 Å². The summed E-state index contributed by atoms with van der Waals surface area (Å²) in [6, 6.07) is 1.30. The average molecular weight is 227 g/mol. The van der Waals surface area contributed by atoms with Crippen molar-refractivity contribution in [2.45, 2.75) is 58.2 Å². The zero-order chi connectivity index (χ0) is 12.3. The van der Waals surface area contributed by atoms with Gasteiger partial charge in [-0.2, -0.15) is 0 Å². The van der Waals surface area contributed by atoms with Crippen LogP contribution in [0.3, 0.4) is 0 Å². The zero-order valence-corrected chi connectivity index (χ0v) is 11.7. The van der Waals surface area contributed by atoms with Crippen molar-refractivity contribution in [1.29, 1.82) is 0 Å². The zero-order valence-electron chi connectivity index (χ0n) is 11.7. The molecule has 0 saturated carbocycles. The summed E-state index contributed by atoms with van der Waals surface area (Å²) in [6.45, 7) is 12.4. The Balaban J connectivity index is 2.73. The number of hydrogen-bond acceptors (Lipinski definition) is 3. The number of likely N-dealkylation sites (N-methyl/N-ethyl adjacent to an activating group) is 1. The van der Waals surface area contributed by atoms with Gasteiger partial charge >= 0.3 is 0 Å². The number of nitrogens with zero attached hydrogens (tertiary/aromatic N) is 2. The molecule has 1 saturated heterocycles. The first-order chi connectivity index (χ1) is 7.42. The third-order valence-electron chi connectivity index (χ3n) is 4.25. The fourth-order valence-electron chi connectivity index (χ4n) is 2.63. The first kappa shape index (κ1) is 13.9. The highest BCUT2D eigenvalue weighted by atomic mass is 15.3. The summed E-state index contributed by atoms with van der Waals surface area (Å²) in [7, 11) is 2.24. The minimum absolute atomic E-state index is 0.265. The molecule has 0 aromatic carbocycles. The topological polar surface area (TPSA) is 32.5 Å². The second-order valence-corrected chi connectivity index (χ2v) is 5.84. The van der Waals surface area contributed by atoms with E-state index in [1.54, 1.807) is 0 Å². The normalized spacial score (nSPS) is 29.2. The van der Waals surface area contributed by atoms with Crippen molar-refractivity contribution < 1.29 is 0 Å². The summed E-state index contributed by atoms with van der Waals surface area (Å²) < 4.78 is 0. The monoisotopic (exact) mass is 227 g/mol. The van der Waals surface area contributed by atoms with E-state index in [4.69, 9.17) is 5.73 Å². The first-order valence-electron chi connectivity index (χ1n) is 6.59. The van der Waals surface area contributed by atoms with Gasteiger partial charge in [0.2, 0.25) is 0 Å². The number of nitrogens with two attached hydrogens (primary N) is 1. The molecule has 3 nitrogen and oxygen atoms in total. The van der Waals surface area contributed by atoms with Crippen LogP contribution in [0.4, 0.5) is 0 Å². The molecule has 0 aromatic heterocycles. The highest BCUT2D eigenvalue weighted by Crippen LogP contribution is 2.26. The van der Waals surface area contributed by atoms with Gasteiger partial charge < -0.3 is 5.73 Å². The molecule has 0 aromatic rings. The molecule has 0 aliphatic carbocycles. The Labute approximate surface area is 101 Å². The van der Waals surface area contributed by atoms with E-state index in [9.17, 15) is 0 Å². The summed E-state index contributed by atoms with van der Waals surface area (Å²) >= 11 is 0. The Bertz CT molecular complexity index is 215. The lowest BCUT2D eigenvalue weighted by atomic mass is 9.93. The predicted molar refractivity (Wildman–Crippen MR) is 70.6 cm³/mol. The van der Waals surface area contributed by atoms with Crippen LogP contribution < -0.4 is 5.73 Å². The second-order valence-electron chi connectivity index (χ2n) is 5.84. The van der Waals surface area contributed by atoms with Crippen LogP contribution in [0.15, 0.2) is 0 Å². The lowest BCUT2D eigenvalue weighted by Crippen LogP contribution is -2.64. The molecule has 0 radical (unpaired) electrons. The van der Waals surface area contributed by atoms with Crippen LogP contribution in [-0.4, -0.2) is 54.1 Å². The van der Waals surface area contributed by atoms with Crippen LogP contribution in [0.5, 0.6) is 0 Å². The Kier molecular flexibility index (Phi) is 4.77. The van der Waals surface area contributed by atoms with Gasteiger partial charge in [-0.1, -0.05) is 6.92 Å². The third-order valence-corrected chi connectivity index (χ3v) is 4.25. The summed E-state index contributed by atoms with van der Waals surface area (Å²) in [5, 5.41) is 0. The standard InChI is InChI=1S/C13H29N3/c1-6-11(2)16-9-12(7-8-14)15(5)13(3,4)10-16/h11-12H,6-10,14H2,1-5H3. The fraction of sp³-hybridized carbons (Fsp3) is 1.00. The van der Waals surface area contributed by atoms with Crippen LogP contribution in [0.25, 0.3) is 0 Å². The van der Waals surface area contributed by atoms with E-state index < -0.39 is 0 Å². The first-order valence-corrected chi connectivity index (χ1v) is 6.59.